The van der Waals surface area contributed by atoms with E-state index in [-0.39, 0.29) is 18.5 Å². The van der Waals surface area contributed by atoms with Crippen LogP contribution < -0.4 is 4.74 Å². The van der Waals surface area contributed by atoms with Gasteiger partial charge in [0.25, 0.3) is 5.91 Å². The second kappa shape index (κ2) is 6.78. The van der Waals surface area contributed by atoms with Crippen molar-refractivity contribution < 1.29 is 19.4 Å². The fourth-order valence-electron chi connectivity index (χ4n) is 1.69. The van der Waals surface area contributed by atoms with E-state index in [1.165, 1.54) is 4.90 Å². The number of carbonyl (C=O) groups is 2. The van der Waals surface area contributed by atoms with Gasteiger partial charge < -0.3 is 14.7 Å². The number of aliphatic carboxylic acids is 1. The summed E-state index contributed by atoms with van der Waals surface area (Å²) in [5.41, 5.74) is 0.461. The minimum atomic E-state index is -1.01. The SMILES string of the molecule is CCC(C)N(CC(=O)O)C(=O)c1ccc(OC)cc1. The van der Waals surface area contributed by atoms with Gasteiger partial charge in [0.2, 0.25) is 0 Å². The standard InChI is InChI=1S/C14H19NO4/c1-4-10(2)15(9-13(16)17)14(18)11-5-7-12(19-3)8-6-11/h5-8,10H,4,9H2,1-3H3,(H,16,17). The van der Waals surface area contributed by atoms with E-state index in [2.05, 4.69) is 0 Å². The molecule has 104 valence electrons. The molecule has 1 N–H and O–H groups in total. The summed E-state index contributed by atoms with van der Waals surface area (Å²) < 4.78 is 5.02. The highest BCUT2D eigenvalue weighted by atomic mass is 16.5. The third kappa shape index (κ3) is 3.98. The molecule has 0 spiro atoms. The molecule has 0 saturated carbocycles. The average Bonchev–Trinajstić information content (AvgIpc) is 2.43. The van der Waals surface area contributed by atoms with Crippen LogP contribution in [0.3, 0.4) is 0 Å². The molecule has 0 aliphatic rings. The molecular weight excluding hydrogens is 246 g/mol. The molecule has 5 heteroatoms. The van der Waals surface area contributed by atoms with Crippen molar-refractivity contribution >= 4 is 11.9 Å². The minimum Gasteiger partial charge on any atom is -0.497 e. The largest absolute Gasteiger partial charge is 0.497 e. The van der Waals surface area contributed by atoms with Crippen LogP contribution in [-0.2, 0) is 4.79 Å². The fraction of sp³-hybridized carbons (Fsp3) is 0.429. The molecule has 0 aliphatic carbocycles. The number of carboxylic acids is 1. The minimum absolute atomic E-state index is 0.120. The second-order valence-corrected chi connectivity index (χ2v) is 4.31. The van der Waals surface area contributed by atoms with Gasteiger partial charge in [-0.1, -0.05) is 6.92 Å². The molecular formula is C14H19NO4. The fourth-order valence-corrected chi connectivity index (χ4v) is 1.69. The van der Waals surface area contributed by atoms with Crippen molar-refractivity contribution in [3.8, 4) is 5.75 Å². The van der Waals surface area contributed by atoms with E-state index in [0.29, 0.717) is 17.7 Å². The molecule has 5 nitrogen and oxygen atoms in total. The van der Waals surface area contributed by atoms with Crippen LogP contribution in [0.15, 0.2) is 24.3 Å². The van der Waals surface area contributed by atoms with Gasteiger partial charge in [0.05, 0.1) is 7.11 Å². The van der Waals surface area contributed by atoms with Gasteiger partial charge in [0.1, 0.15) is 12.3 Å². The molecule has 0 aliphatic heterocycles. The Morgan fingerprint density at radius 3 is 2.32 bits per heavy atom. The predicted molar refractivity (Wildman–Crippen MR) is 71.4 cm³/mol. The van der Waals surface area contributed by atoms with E-state index in [4.69, 9.17) is 9.84 Å². The smallest absolute Gasteiger partial charge is 0.323 e. The summed E-state index contributed by atoms with van der Waals surface area (Å²) in [6.45, 7) is 3.46. The molecule has 1 atom stereocenters. The molecule has 0 heterocycles. The van der Waals surface area contributed by atoms with Crippen molar-refractivity contribution in [3.05, 3.63) is 29.8 Å². The normalized spacial score (nSPS) is 11.7. The summed E-state index contributed by atoms with van der Waals surface area (Å²) >= 11 is 0. The van der Waals surface area contributed by atoms with Crippen LogP contribution in [0.4, 0.5) is 0 Å². The Bertz CT molecular complexity index is 441. The van der Waals surface area contributed by atoms with Crippen LogP contribution in [0.5, 0.6) is 5.75 Å². The summed E-state index contributed by atoms with van der Waals surface area (Å²) in [5, 5.41) is 8.89. The summed E-state index contributed by atoms with van der Waals surface area (Å²) in [5.74, 6) is -0.633. The first-order chi connectivity index (χ1) is 8.99. The third-order valence-corrected chi connectivity index (χ3v) is 3.03. The maximum Gasteiger partial charge on any atom is 0.323 e. The van der Waals surface area contributed by atoms with Crippen molar-refractivity contribution in [3.63, 3.8) is 0 Å². The lowest BCUT2D eigenvalue weighted by Crippen LogP contribution is -2.41. The van der Waals surface area contributed by atoms with Gasteiger partial charge in [-0.15, -0.1) is 0 Å². The van der Waals surface area contributed by atoms with Gasteiger partial charge in [-0.05, 0) is 37.6 Å². The Morgan fingerprint density at radius 1 is 1.32 bits per heavy atom. The lowest BCUT2D eigenvalue weighted by atomic mass is 10.1. The van der Waals surface area contributed by atoms with Crippen molar-refractivity contribution in [2.75, 3.05) is 13.7 Å². The number of hydrogen-bond donors (Lipinski definition) is 1. The summed E-state index contributed by atoms with van der Waals surface area (Å²) in [7, 11) is 1.55. The maximum atomic E-state index is 12.3. The number of benzene rings is 1. The quantitative estimate of drug-likeness (QED) is 0.854. The molecule has 1 rings (SSSR count). The van der Waals surface area contributed by atoms with E-state index in [1.54, 1.807) is 31.4 Å². The second-order valence-electron chi connectivity index (χ2n) is 4.31. The number of hydrogen-bond acceptors (Lipinski definition) is 3. The lowest BCUT2D eigenvalue weighted by molar-refractivity contribution is -0.138. The average molecular weight is 265 g/mol. The zero-order valence-electron chi connectivity index (χ0n) is 11.4. The number of amides is 1. The summed E-state index contributed by atoms with van der Waals surface area (Å²) in [4.78, 5) is 24.5. The van der Waals surface area contributed by atoms with E-state index >= 15 is 0 Å². The number of ether oxygens (including phenoxy) is 1. The first kappa shape index (κ1) is 15.0. The van der Waals surface area contributed by atoms with E-state index < -0.39 is 5.97 Å². The van der Waals surface area contributed by atoms with Gasteiger partial charge in [0, 0.05) is 11.6 Å². The molecule has 0 aromatic heterocycles. The van der Waals surface area contributed by atoms with Gasteiger partial charge in [-0.2, -0.15) is 0 Å². The third-order valence-electron chi connectivity index (χ3n) is 3.03. The van der Waals surface area contributed by atoms with Crippen LogP contribution in [-0.4, -0.2) is 41.6 Å². The molecule has 19 heavy (non-hydrogen) atoms. The molecule has 0 bridgehead atoms. The topological polar surface area (TPSA) is 66.8 Å². The van der Waals surface area contributed by atoms with Crippen molar-refractivity contribution in [1.29, 1.82) is 0 Å². The lowest BCUT2D eigenvalue weighted by Gasteiger charge is -2.27. The van der Waals surface area contributed by atoms with Crippen LogP contribution in [0, 0.1) is 0 Å². The molecule has 1 aromatic rings. The van der Waals surface area contributed by atoms with Crippen LogP contribution >= 0.6 is 0 Å². The van der Waals surface area contributed by atoms with Gasteiger partial charge in [0.15, 0.2) is 0 Å². The molecule has 1 aromatic carbocycles. The number of methoxy groups -OCH3 is 1. The zero-order valence-corrected chi connectivity index (χ0v) is 11.4. The Hall–Kier alpha value is -2.04. The highest BCUT2D eigenvalue weighted by molar-refractivity contribution is 5.96. The van der Waals surface area contributed by atoms with Gasteiger partial charge in [-0.25, -0.2) is 0 Å². The Kier molecular flexibility index (Phi) is 5.36. The Balaban J connectivity index is 2.93. The molecule has 0 radical (unpaired) electrons. The molecule has 1 unspecified atom stereocenters. The Morgan fingerprint density at radius 2 is 1.89 bits per heavy atom. The first-order valence-corrected chi connectivity index (χ1v) is 6.16. The van der Waals surface area contributed by atoms with Crippen LogP contribution in [0.1, 0.15) is 30.6 Å². The van der Waals surface area contributed by atoms with E-state index in [1.807, 2.05) is 13.8 Å². The van der Waals surface area contributed by atoms with Gasteiger partial charge >= 0.3 is 5.97 Å². The Labute approximate surface area is 112 Å². The molecule has 0 saturated heterocycles. The molecule has 1 amide bonds. The summed E-state index contributed by atoms with van der Waals surface area (Å²) in [6.07, 6.45) is 0.704. The van der Waals surface area contributed by atoms with Crippen molar-refractivity contribution in [2.24, 2.45) is 0 Å². The summed E-state index contributed by atoms with van der Waals surface area (Å²) in [6, 6.07) is 6.52. The molecule has 0 fully saturated rings. The number of rotatable bonds is 6. The van der Waals surface area contributed by atoms with Crippen LogP contribution in [0.2, 0.25) is 0 Å². The van der Waals surface area contributed by atoms with Crippen LogP contribution in [0.25, 0.3) is 0 Å². The first-order valence-electron chi connectivity index (χ1n) is 6.16. The van der Waals surface area contributed by atoms with E-state index in [0.717, 1.165) is 0 Å². The van der Waals surface area contributed by atoms with Gasteiger partial charge in [-0.3, -0.25) is 9.59 Å². The highest BCUT2D eigenvalue weighted by Crippen LogP contribution is 2.15. The van der Waals surface area contributed by atoms with Crippen molar-refractivity contribution in [1.82, 2.24) is 4.90 Å². The maximum absolute atomic E-state index is 12.3. The van der Waals surface area contributed by atoms with E-state index in [9.17, 15) is 9.59 Å². The van der Waals surface area contributed by atoms with Crippen molar-refractivity contribution in [2.45, 2.75) is 26.3 Å². The highest BCUT2D eigenvalue weighted by Gasteiger charge is 2.22. The number of nitrogens with zero attached hydrogens (tertiary/aromatic N) is 1. The number of carbonyl (C=O) groups excluding carboxylic acids is 1. The predicted octanol–water partition coefficient (Wildman–Crippen LogP) is 2.02. The zero-order chi connectivity index (χ0) is 14.4. The monoisotopic (exact) mass is 265 g/mol. The number of carboxylic acid groups (broad SMARTS) is 1.